The lowest BCUT2D eigenvalue weighted by Crippen LogP contribution is -1.99. The van der Waals surface area contributed by atoms with E-state index in [2.05, 4.69) is 19.9 Å². The maximum Gasteiger partial charge on any atom is 0.323 e. The molecule has 0 fully saturated rings. The van der Waals surface area contributed by atoms with Crippen LogP contribution >= 0.6 is 0 Å². The van der Waals surface area contributed by atoms with E-state index in [1.807, 2.05) is 30.3 Å². The summed E-state index contributed by atoms with van der Waals surface area (Å²) in [7, 11) is 0. The molecule has 0 radical (unpaired) electrons. The minimum Gasteiger partial charge on any atom is -0.454 e. The highest BCUT2D eigenvalue weighted by molar-refractivity contribution is 5.92. The molecule has 7 nitrogen and oxygen atoms in total. The number of hydrogen-bond acceptors (Lipinski definition) is 4. The average molecular weight is 294 g/mol. The van der Waals surface area contributed by atoms with Crippen LogP contribution in [0.5, 0.6) is 11.5 Å². The Labute approximate surface area is 122 Å². The molecule has 0 unspecified atom stereocenters. The molecule has 108 valence electrons. The van der Waals surface area contributed by atoms with Crippen LogP contribution in [0, 0.1) is 0 Å². The van der Waals surface area contributed by atoms with Crippen LogP contribution in [0.3, 0.4) is 0 Å². The van der Waals surface area contributed by atoms with Crippen LogP contribution < -0.4 is 15.2 Å². The molecule has 5 rings (SSSR count). The van der Waals surface area contributed by atoms with Crippen molar-refractivity contribution >= 4 is 22.1 Å². The number of H-pyrrole nitrogens is 3. The van der Waals surface area contributed by atoms with Crippen LogP contribution in [0.2, 0.25) is 0 Å². The number of ether oxygens (including phenoxy) is 2. The van der Waals surface area contributed by atoms with Gasteiger partial charge >= 0.3 is 5.69 Å². The zero-order chi connectivity index (χ0) is 14.7. The van der Waals surface area contributed by atoms with E-state index < -0.39 is 0 Å². The zero-order valence-electron chi connectivity index (χ0n) is 11.3. The second-order valence-electron chi connectivity index (χ2n) is 5.12. The van der Waals surface area contributed by atoms with Crippen molar-refractivity contribution in [3.05, 3.63) is 40.8 Å². The molecule has 0 bridgehead atoms. The number of imidazole rings is 2. The molecule has 2 aromatic heterocycles. The molecule has 3 N–H and O–H groups in total. The summed E-state index contributed by atoms with van der Waals surface area (Å²) in [5.74, 6) is 2.11. The molecule has 1 aliphatic rings. The van der Waals surface area contributed by atoms with Crippen molar-refractivity contribution < 1.29 is 9.47 Å². The summed E-state index contributed by atoms with van der Waals surface area (Å²) in [6.45, 7) is 0.219. The first-order valence-corrected chi connectivity index (χ1v) is 6.79. The second kappa shape index (κ2) is 3.91. The lowest BCUT2D eigenvalue weighted by molar-refractivity contribution is 0.174. The molecule has 0 spiro atoms. The fourth-order valence-corrected chi connectivity index (χ4v) is 2.78. The van der Waals surface area contributed by atoms with Gasteiger partial charge in [0.05, 0.1) is 27.6 Å². The molecule has 0 saturated carbocycles. The Hall–Kier alpha value is -3.22. The van der Waals surface area contributed by atoms with E-state index in [0.29, 0.717) is 11.6 Å². The molecule has 0 saturated heterocycles. The minimum atomic E-state index is -0.227. The number of hydrogen-bond donors (Lipinski definition) is 3. The normalized spacial score (nSPS) is 13.3. The van der Waals surface area contributed by atoms with Gasteiger partial charge in [-0.1, -0.05) is 6.07 Å². The SMILES string of the molecule is O=c1[nH]c2cc3nc(-c4cccc5c4OCO5)[nH]c3cc2[nH]1. The van der Waals surface area contributed by atoms with Gasteiger partial charge in [0.2, 0.25) is 6.79 Å². The number of benzene rings is 2. The van der Waals surface area contributed by atoms with Crippen molar-refractivity contribution in [2.24, 2.45) is 0 Å². The van der Waals surface area contributed by atoms with Gasteiger partial charge in [0.25, 0.3) is 0 Å². The van der Waals surface area contributed by atoms with Gasteiger partial charge in [0.1, 0.15) is 5.82 Å². The topological polar surface area (TPSA) is 95.8 Å². The Morgan fingerprint density at radius 3 is 2.77 bits per heavy atom. The summed E-state index contributed by atoms with van der Waals surface area (Å²) < 4.78 is 10.9. The molecule has 0 aliphatic carbocycles. The Morgan fingerprint density at radius 1 is 1.00 bits per heavy atom. The number of nitrogens with zero attached hydrogens (tertiary/aromatic N) is 1. The van der Waals surface area contributed by atoms with Crippen LogP contribution in [0.4, 0.5) is 0 Å². The van der Waals surface area contributed by atoms with Crippen molar-refractivity contribution in [1.29, 1.82) is 0 Å². The molecule has 4 aromatic rings. The lowest BCUT2D eigenvalue weighted by atomic mass is 10.2. The molecular formula is C15H10N4O3. The molecule has 1 aliphatic heterocycles. The summed E-state index contributed by atoms with van der Waals surface area (Å²) in [6, 6.07) is 9.39. The Morgan fingerprint density at radius 2 is 1.86 bits per heavy atom. The zero-order valence-corrected chi connectivity index (χ0v) is 11.3. The first-order valence-electron chi connectivity index (χ1n) is 6.79. The van der Waals surface area contributed by atoms with Crippen LogP contribution in [-0.4, -0.2) is 26.7 Å². The van der Waals surface area contributed by atoms with E-state index in [1.54, 1.807) is 0 Å². The second-order valence-corrected chi connectivity index (χ2v) is 5.12. The van der Waals surface area contributed by atoms with Gasteiger partial charge in [0.15, 0.2) is 11.5 Å². The summed E-state index contributed by atoms with van der Waals surface area (Å²) >= 11 is 0. The largest absolute Gasteiger partial charge is 0.454 e. The first-order chi connectivity index (χ1) is 10.8. The smallest absolute Gasteiger partial charge is 0.323 e. The van der Waals surface area contributed by atoms with Crippen molar-refractivity contribution in [2.75, 3.05) is 6.79 Å². The fraction of sp³-hybridized carbons (Fsp3) is 0.0667. The number of rotatable bonds is 1. The third-order valence-corrected chi connectivity index (χ3v) is 3.77. The van der Waals surface area contributed by atoms with Gasteiger partial charge in [-0.25, -0.2) is 9.78 Å². The van der Waals surface area contributed by atoms with E-state index in [4.69, 9.17) is 9.47 Å². The van der Waals surface area contributed by atoms with E-state index in [1.165, 1.54) is 0 Å². The number of aromatic nitrogens is 4. The number of nitrogens with one attached hydrogen (secondary N) is 3. The van der Waals surface area contributed by atoms with Crippen molar-refractivity contribution in [3.63, 3.8) is 0 Å². The van der Waals surface area contributed by atoms with E-state index >= 15 is 0 Å². The highest BCUT2D eigenvalue weighted by atomic mass is 16.7. The van der Waals surface area contributed by atoms with Gasteiger partial charge < -0.3 is 24.4 Å². The monoisotopic (exact) mass is 294 g/mol. The standard InChI is InChI=1S/C15H10N4O3/c20-15-18-10-4-8-9(5-11(10)19-15)17-14(16-8)7-2-1-3-12-13(7)22-6-21-12/h1-5H,6H2,(H,16,17)(H2,18,19,20). The first kappa shape index (κ1) is 11.4. The van der Waals surface area contributed by atoms with Crippen LogP contribution in [-0.2, 0) is 0 Å². The third kappa shape index (κ3) is 1.50. The maximum absolute atomic E-state index is 11.3. The summed E-state index contributed by atoms with van der Waals surface area (Å²) in [6.07, 6.45) is 0. The Kier molecular flexibility index (Phi) is 2.03. The summed E-state index contributed by atoms with van der Waals surface area (Å²) in [5, 5.41) is 0. The number of para-hydroxylation sites is 1. The summed E-state index contributed by atoms with van der Waals surface area (Å²) in [5.41, 5.74) is 3.71. The molecule has 7 heteroatoms. The van der Waals surface area contributed by atoms with Gasteiger partial charge in [-0.2, -0.15) is 0 Å². The minimum absolute atomic E-state index is 0.219. The van der Waals surface area contributed by atoms with Crippen molar-refractivity contribution in [1.82, 2.24) is 19.9 Å². The fourth-order valence-electron chi connectivity index (χ4n) is 2.78. The Bertz CT molecular complexity index is 1040. The van der Waals surface area contributed by atoms with Crippen molar-refractivity contribution in [3.8, 4) is 22.9 Å². The molecule has 2 aromatic carbocycles. The van der Waals surface area contributed by atoms with E-state index in [0.717, 1.165) is 33.4 Å². The number of aromatic amines is 3. The average Bonchev–Trinajstić information content (AvgIpc) is 3.19. The Balaban J connectivity index is 1.75. The van der Waals surface area contributed by atoms with Gasteiger partial charge in [0, 0.05) is 0 Å². The lowest BCUT2D eigenvalue weighted by Gasteiger charge is -2.01. The maximum atomic E-state index is 11.3. The quantitative estimate of drug-likeness (QED) is 0.501. The third-order valence-electron chi connectivity index (χ3n) is 3.77. The van der Waals surface area contributed by atoms with E-state index in [9.17, 15) is 4.79 Å². The predicted octanol–water partition coefficient (Wildman–Crippen LogP) is 2.13. The molecule has 22 heavy (non-hydrogen) atoms. The molecule has 0 amide bonds. The molecule has 3 heterocycles. The number of fused-ring (bicyclic) bond motifs is 3. The van der Waals surface area contributed by atoms with Gasteiger partial charge in [-0.15, -0.1) is 0 Å². The van der Waals surface area contributed by atoms with Gasteiger partial charge in [-0.3, -0.25) is 0 Å². The van der Waals surface area contributed by atoms with Crippen LogP contribution in [0.25, 0.3) is 33.5 Å². The molecule has 0 atom stereocenters. The summed E-state index contributed by atoms with van der Waals surface area (Å²) in [4.78, 5) is 24.7. The van der Waals surface area contributed by atoms with Gasteiger partial charge in [-0.05, 0) is 24.3 Å². The predicted molar refractivity (Wildman–Crippen MR) is 80.1 cm³/mol. The highest BCUT2D eigenvalue weighted by Crippen LogP contribution is 2.40. The van der Waals surface area contributed by atoms with Crippen LogP contribution in [0.15, 0.2) is 35.1 Å². The molecular weight excluding hydrogens is 284 g/mol. The van der Waals surface area contributed by atoms with E-state index in [-0.39, 0.29) is 12.5 Å². The highest BCUT2D eigenvalue weighted by Gasteiger charge is 2.20. The van der Waals surface area contributed by atoms with Crippen LogP contribution in [0.1, 0.15) is 0 Å². The van der Waals surface area contributed by atoms with Crippen molar-refractivity contribution in [2.45, 2.75) is 0 Å².